The van der Waals surface area contributed by atoms with Crippen molar-refractivity contribution in [3.8, 4) is 0 Å². The summed E-state index contributed by atoms with van der Waals surface area (Å²) in [7, 11) is 0. The highest BCUT2D eigenvalue weighted by Crippen LogP contribution is 2.26. The fourth-order valence-corrected chi connectivity index (χ4v) is 2.63. The van der Waals surface area contributed by atoms with Crippen molar-refractivity contribution in [1.82, 2.24) is 4.98 Å². The zero-order valence-electron chi connectivity index (χ0n) is 11.0. The van der Waals surface area contributed by atoms with Crippen molar-refractivity contribution in [2.24, 2.45) is 0 Å². The van der Waals surface area contributed by atoms with Gasteiger partial charge in [-0.05, 0) is 38.5 Å². The van der Waals surface area contributed by atoms with Crippen LogP contribution in [0.4, 0.5) is 0 Å². The number of aromatic nitrogens is 1. The van der Waals surface area contributed by atoms with Gasteiger partial charge in [0, 0.05) is 0 Å². The Labute approximate surface area is 112 Å². The van der Waals surface area contributed by atoms with Crippen LogP contribution in [0.15, 0.2) is 54.1 Å². The summed E-state index contributed by atoms with van der Waals surface area (Å²) in [6, 6.07) is 8.26. The number of hydrogen-bond acceptors (Lipinski definition) is 2. The van der Waals surface area contributed by atoms with Gasteiger partial charge in [0.05, 0.1) is 10.2 Å². The lowest BCUT2D eigenvalue weighted by Gasteiger charge is -1.93. The zero-order valence-corrected chi connectivity index (χ0v) is 11.8. The van der Waals surface area contributed by atoms with Crippen LogP contribution < -0.4 is 0 Å². The molecule has 0 fully saturated rings. The number of benzene rings is 1. The molecule has 1 heterocycles. The van der Waals surface area contributed by atoms with E-state index < -0.39 is 0 Å². The van der Waals surface area contributed by atoms with Crippen molar-refractivity contribution >= 4 is 27.1 Å². The van der Waals surface area contributed by atoms with Crippen LogP contribution in [0.5, 0.6) is 0 Å². The molecule has 2 rings (SSSR count). The first-order valence-electron chi connectivity index (χ1n) is 6.04. The molecule has 1 nitrogen and oxygen atoms in total. The van der Waals surface area contributed by atoms with Crippen molar-refractivity contribution in [2.45, 2.75) is 20.8 Å². The summed E-state index contributed by atoms with van der Waals surface area (Å²) in [5.41, 5.74) is 3.54. The third-order valence-corrected chi connectivity index (χ3v) is 3.83. The predicted molar refractivity (Wildman–Crippen MR) is 81.8 cm³/mol. The number of thiazole rings is 1. The lowest BCUT2D eigenvalue weighted by atomic mass is 10.2. The molecule has 18 heavy (non-hydrogen) atoms. The molecular formula is C16H17NS. The molecule has 0 N–H and O–H groups in total. The first kappa shape index (κ1) is 12.8. The molecule has 0 saturated carbocycles. The number of para-hydroxylation sites is 1. The highest BCUT2D eigenvalue weighted by molar-refractivity contribution is 7.19. The average molecular weight is 255 g/mol. The van der Waals surface area contributed by atoms with E-state index in [1.807, 2.05) is 19.1 Å². The smallest absolute Gasteiger partial charge is 0.120 e. The number of nitrogens with zero attached hydrogens (tertiary/aromatic N) is 1. The van der Waals surface area contributed by atoms with Gasteiger partial charge in [0.25, 0.3) is 0 Å². The molecule has 2 aromatic rings. The molecule has 0 amide bonds. The van der Waals surface area contributed by atoms with Gasteiger partial charge >= 0.3 is 0 Å². The third kappa shape index (κ3) is 2.96. The summed E-state index contributed by atoms with van der Waals surface area (Å²) in [6.45, 7) is 6.24. The van der Waals surface area contributed by atoms with Crippen LogP contribution in [0.2, 0.25) is 0 Å². The van der Waals surface area contributed by atoms with Gasteiger partial charge in [0.1, 0.15) is 5.01 Å². The molecule has 0 aliphatic rings. The number of hydrogen-bond donors (Lipinski definition) is 0. The molecule has 0 radical (unpaired) electrons. The largest absolute Gasteiger partial charge is 0.236 e. The molecule has 1 aromatic heterocycles. The molecule has 1 aromatic carbocycles. The molecule has 0 saturated heterocycles. The highest BCUT2D eigenvalue weighted by atomic mass is 32.1. The van der Waals surface area contributed by atoms with Crippen molar-refractivity contribution < 1.29 is 0 Å². The van der Waals surface area contributed by atoms with Crippen molar-refractivity contribution in [1.29, 1.82) is 0 Å². The molecule has 92 valence electrons. The monoisotopic (exact) mass is 255 g/mol. The third-order valence-electron chi connectivity index (χ3n) is 2.66. The van der Waals surface area contributed by atoms with Crippen molar-refractivity contribution in [3.63, 3.8) is 0 Å². The molecule has 0 atom stereocenters. The van der Waals surface area contributed by atoms with E-state index in [2.05, 4.69) is 55.3 Å². The van der Waals surface area contributed by atoms with Gasteiger partial charge in [-0.3, -0.25) is 0 Å². The van der Waals surface area contributed by atoms with E-state index >= 15 is 0 Å². The van der Waals surface area contributed by atoms with Gasteiger partial charge < -0.3 is 0 Å². The summed E-state index contributed by atoms with van der Waals surface area (Å²) in [5.74, 6) is 0. The van der Waals surface area contributed by atoms with E-state index in [0.717, 1.165) is 10.5 Å². The Morgan fingerprint density at radius 2 is 1.94 bits per heavy atom. The Kier molecular flexibility index (Phi) is 4.11. The fraction of sp³-hybridized carbons (Fsp3) is 0.188. The molecule has 0 unspecified atom stereocenters. The summed E-state index contributed by atoms with van der Waals surface area (Å²) < 4.78 is 1.24. The lowest BCUT2D eigenvalue weighted by Crippen LogP contribution is -1.76. The minimum Gasteiger partial charge on any atom is -0.236 e. The van der Waals surface area contributed by atoms with Gasteiger partial charge in [-0.1, -0.05) is 42.0 Å². The molecule has 2 heteroatoms. The Balaban J connectivity index is 2.30. The molecule has 0 spiro atoms. The van der Waals surface area contributed by atoms with E-state index in [-0.39, 0.29) is 0 Å². The van der Waals surface area contributed by atoms with E-state index in [9.17, 15) is 0 Å². The van der Waals surface area contributed by atoms with Crippen molar-refractivity contribution in [3.05, 3.63) is 59.2 Å². The molecule has 0 aliphatic carbocycles. The summed E-state index contributed by atoms with van der Waals surface area (Å²) >= 11 is 1.74. The van der Waals surface area contributed by atoms with Crippen molar-refractivity contribution in [2.75, 3.05) is 0 Å². The predicted octanol–water partition coefficient (Wildman–Crippen LogP) is 5.22. The van der Waals surface area contributed by atoms with Crippen LogP contribution in [-0.2, 0) is 0 Å². The van der Waals surface area contributed by atoms with Crippen LogP contribution >= 0.6 is 11.3 Å². The number of allylic oxidation sites excluding steroid dienone is 6. The van der Waals surface area contributed by atoms with Crippen LogP contribution in [0, 0.1) is 0 Å². The van der Waals surface area contributed by atoms with Gasteiger partial charge in [-0.15, -0.1) is 11.3 Å². The number of fused-ring (bicyclic) bond motifs is 1. The molecule has 0 bridgehead atoms. The van der Waals surface area contributed by atoms with E-state index in [1.165, 1.54) is 15.8 Å². The Bertz CT molecular complexity index is 596. The van der Waals surface area contributed by atoms with Gasteiger partial charge in [0.2, 0.25) is 0 Å². The van der Waals surface area contributed by atoms with Crippen LogP contribution in [-0.4, -0.2) is 4.98 Å². The summed E-state index contributed by atoms with van der Waals surface area (Å²) in [6.07, 6.45) is 8.41. The summed E-state index contributed by atoms with van der Waals surface area (Å²) in [4.78, 5) is 4.64. The Morgan fingerprint density at radius 1 is 1.17 bits per heavy atom. The minimum absolute atomic E-state index is 1.08. The van der Waals surface area contributed by atoms with E-state index in [0.29, 0.717) is 0 Å². The van der Waals surface area contributed by atoms with Gasteiger partial charge in [-0.25, -0.2) is 4.98 Å². The normalized spacial score (nSPS) is 13.7. The zero-order chi connectivity index (χ0) is 13.0. The topological polar surface area (TPSA) is 12.9 Å². The standard InChI is InChI=1S/C16H17NS/c1-4-7-12(2)10-11-13(3)16-17-14-8-5-6-9-15(14)18-16/h4-11H,1-3H3/b7-4-,12-10-,13-11+. The first-order valence-corrected chi connectivity index (χ1v) is 6.86. The second kappa shape index (κ2) is 5.78. The Morgan fingerprint density at radius 3 is 2.67 bits per heavy atom. The van der Waals surface area contributed by atoms with Gasteiger partial charge in [-0.2, -0.15) is 0 Å². The second-order valence-corrected chi connectivity index (χ2v) is 5.28. The quantitative estimate of drug-likeness (QED) is 0.685. The minimum atomic E-state index is 1.08. The van der Waals surface area contributed by atoms with Crippen LogP contribution in [0.3, 0.4) is 0 Å². The second-order valence-electron chi connectivity index (χ2n) is 4.25. The summed E-state index contributed by atoms with van der Waals surface area (Å²) in [5, 5.41) is 1.10. The average Bonchev–Trinajstić information content (AvgIpc) is 2.80. The van der Waals surface area contributed by atoms with E-state index in [1.54, 1.807) is 11.3 Å². The van der Waals surface area contributed by atoms with Gasteiger partial charge in [0.15, 0.2) is 0 Å². The Hall–Kier alpha value is -1.67. The maximum atomic E-state index is 4.64. The highest BCUT2D eigenvalue weighted by Gasteiger charge is 2.03. The maximum absolute atomic E-state index is 4.64. The lowest BCUT2D eigenvalue weighted by molar-refractivity contribution is 1.42. The molecule has 0 aliphatic heterocycles. The SMILES string of the molecule is C\C=C/C(C)=C\C=C(/C)c1nc2ccccc2s1. The van der Waals surface area contributed by atoms with E-state index in [4.69, 9.17) is 0 Å². The first-order chi connectivity index (χ1) is 8.70. The van der Waals surface area contributed by atoms with Crippen LogP contribution in [0.25, 0.3) is 15.8 Å². The molecular weight excluding hydrogens is 238 g/mol. The van der Waals surface area contributed by atoms with Crippen LogP contribution in [0.1, 0.15) is 25.8 Å². The fourth-order valence-electron chi connectivity index (χ4n) is 1.69. The number of rotatable bonds is 3. The maximum Gasteiger partial charge on any atom is 0.120 e.